The molecule has 2 atom stereocenters. The molecule has 6 nitrogen and oxygen atoms in total. The monoisotopic (exact) mass is 607 g/mol. The Labute approximate surface area is 258 Å². The number of benzene rings is 1. The first-order chi connectivity index (χ1) is 21.1. The number of aliphatic imine (C=N–C) groups is 1. The third-order valence-electron chi connectivity index (χ3n) is 12.4. The summed E-state index contributed by atoms with van der Waals surface area (Å²) in [5.41, 5.74) is 0.573. The summed E-state index contributed by atoms with van der Waals surface area (Å²) < 4.78 is 45.4. The maximum Gasteiger partial charge on any atom is 0.387 e. The predicted octanol–water partition coefficient (Wildman–Crippen LogP) is 7.76. The maximum atomic E-state index is 14.4. The number of rotatable bonds is 7. The fourth-order valence-corrected chi connectivity index (χ4v) is 11.7. The third kappa shape index (κ3) is 4.89. The van der Waals surface area contributed by atoms with Crippen LogP contribution in [0.15, 0.2) is 40.5 Å². The lowest BCUT2D eigenvalue weighted by molar-refractivity contribution is -0.189. The molecule has 1 aromatic rings. The van der Waals surface area contributed by atoms with E-state index in [9.17, 15) is 18.4 Å². The van der Waals surface area contributed by atoms with E-state index in [2.05, 4.69) is 0 Å². The number of para-hydroxylation sites is 1. The zero-order valence-corrected chi connectivity index (χ0v) is 25.7. The van der Waals surface area contributed by atoms with E-state index in [0.717, 1.165) is 38.5 Å². The smallest absolute Gasteiger partial charge is 0.387 e. The Balaban J connectivity index is 1.16. The van der Waals surface area contributed by atoms with E-state index in [1.54, 1.807) is 32.0 Å². The normalized spacial score (nSPS) is 41.6. The number of esters is 2. The molecule has 0 aromatic heterocycles. The van der Waals surface area contributed by atoms with Crippen molar-refractivity contribution in [2.75, 3.05) is 0 Å². The van der Waals surface area contributed by atoms with E-state index in [1.165, 1.54) is 44.6 Å². The summed E-state index contributed by atoms with van der Waals surface area (Å²) in [5, 5.41) is 0. The number of nitrogens with zero attached hydrogens (tertiary/aromatic N) is 1. The van der Waals surface area contributed by atoms with Gasteiger partial charge < -0.3 is 14.2 Å². The number of hydrogen-bond donors (Lipinski definition) is 0. The second-order valence-corrected chi connectivity index (χ2v) is 15.6. The topological polar surface area (TPSA) is 74.2 Å². The van der Waals surface area contributed by atoms with Crippen LogP contribution in [0.5, 0.6) is 5.75 Å². The Morgan fingerprint density at radius 2 is 1.25 bits per heavy atom. The number of halogens is 2. The second-order valence-electron chi connectivity index (χ2n) is 15.6. The van der Waals surface area contributed by atoms with E-state index >= 15 is 0 Å². The highest BCUT2D eigenvalue weighted by Crippen LogP contribution is 2.59. The first-order valence-corrected chi connectivity index (χ1v) is 16.8. The van der Waals surface area contributed by atoms with Crippen molar-refractivity contribution in [3.8, 4) is 5.75 Å². The molecule has 1 aromatic carbocycles. The van der Waals surface area contributed by atoms with Crippen molar-refractivity contribution >= 4 is 17.7 Å². The van der Waals surface area contributed by atoms with Crippen LogP contribution in [-0.4, -0.2) is 35.5 Å². The summed E-state index contributed by atoms with van der Waals surface area (Å²) in [5.74, 6) is 0.639. The van der Waals surface area contributed by atoms with Gasteiger partial charge >= 0.3 is 18.6 Å². The van der Waals surface area contributed by atoms with Crippen LogP contribution >= 0.6 is 0 Å². The lowest BCUT2D eigenvalue weighted by Crippen LogP contribution is -2.54. The molecule has 8 fully saturated rings. The lowest BCUT2D eigenvalue weighted by atomic mass is 9.54. The van der Waals surface area contributed by atoms with E-state index in [4.69, 9.17) is 19.2 Å². The van der Waals surface area contributed by atoms with Crippen molar-refractivity contribution in [3.63, 3.8) is 0 Å². The van der Waals surface area contributed by atoms with Crippen LogP contribution in [0.2, 0.25) is 0 Å². The van der Waals surface area contributed by atoms with E-state index < -0.39 is 41.6 Å². The zero-order chi connectivity index (χ0) is 30.4. The molecule has 9 aliphatic rings. The van der Waals surface area contributed by atoms with Gasteiger partial charge in [-0.15, -0.1) is 0 Å². The van der Waals surface area contributed by atoms with Gasteiger partial charge in [0.05, 0.1) is 5.57 Å². The van der Waals surface area contributed by atoms with Gasteiger partial charge in [0.1, 0.15) is 22.9 Å². The van der Waals surface area contributed by atoms with Crippen molar-refractivity contribution in [1.82, 2.24) is 0 Å². The molecular weight excluding hydrogens is 564 g/mol. The molecule has 1 heterocycles. The molecule has 8 bridgehead atoms. The minimum atomic E-state index is -3.06. The number of carbonyl (C=O) groups excluding carboxylic acids is 2. The van der Waals surface area contributed by atoms with Crippen LogP contribution < -0.4 is 4.74 Å². The largest absolute Gasteiger partial charge is 0.459 e. The van der Waals surface area contributed by atoms with Crippen molar-refractivity contribution in [2.24, 2.45) is 46.4 Å². The fourth-order valence-electron chi connectivity index (χ4n) is 11.7. The molecule has 10 rings (SSSR count). The quantitative estimate of drug-likeness (QED) is 0.296. The first-order valence-electron chi connectivity index (χ1n) is 16.8. The third-order valence-corrected chi connectivity index (χ3v) is 12.4. The van der Waals surface area contributed by atoms with E-state index in [0.29, 0.717) is 52.5 Å². The molecular formula is C36H43F2NO5. The Kier molecular flexibility index (Phi) is 6.77. The number of hydrogen-bond acceptors (Lipinski definition) is 6. The highest BCUT2D eigenvalue weighted by molar-refractivity contribution is 6.07. The van der Waals surface area contributed by atoms with Gasteiger partial charge in [-0.05, 0) is 132 Å². The van der Waals surface area contributed by atoms with Gasteiger partial charge in [-0.25, -0.2) is 4.79 Å². The highest BCUT2D eigenvalue weighted by Gasteiger charge is 2.56. The van der Waals surface area contributed by atoms with Crippen molar-refractivity contribution < 1.29 is 32.6 Å². The van der Waals surface area contributed by atoms with E-state index in [1.807, 2.05) is 0 Å². The summed E-state index contributed by atoms with van der Waals surface area (Å²) in [6.07, 6.45) is 12.5. The zero-order valence-electron chi connectivity index (χ0n) is 25.7. The molecule has 8 aliphatic carbocycles. The van der Waals surface area contributed by atoms with Crippen LogP contribution in [0.4, 0.5) is 8.78 Å². The van der Waals surface area contributed by atoms with Crippen LogP contribution in [0, 0.1) is 41.4 Å². The molecule has 0 N–H and O–H groups in total. The molecule has 0 radical (unpaired) electrons. The maximum absolute atomic E-state index is 14.4. The Morgan fingerprint density at radius 1 is 0.773 bits per heavy atom. The van der Waals surface area contributed by atoms with Gasteiger partial charge in [-0.2, -0.15) is 8.78 Å². The molecule has 44 heavy (non-hydrogen) atoms. The Hall–Kier alpha value is -2.77. The van der Waals surface area contributed by atoms with Crippen LogP contribution in [-0.2, 0) is 19.1 Å². The molecule has 0 amide bonds. The summed E-state index contributed by atoms with van der Waals surface area (Å²) in [6, 6.07) is 6.50. The standard InChI is InChI=1S/C36H43F2NO5/c1-19-29(32(40)43-35-13-21-7-22(14-35)9-23(8-21)15-35)31(27-5-3-4-6-28(27)42-34(37)38)30(20(2)39-19)33(41)44-36-16-24-10-25(17-36)12-26(11-24)18-36/h3-6,21-26,29,31,34H,7-18H2,1-2H3. The molecule has 8 heteroatoms. The summed E-state index contributed by atoms with van der Waals surface area (Å²) in [6.45, 7) is 0.476. The molecule has 0 saturated heterocycles. The van der Waals surface area contributed by atoms with Gasteiger partial charge in [-0.3, -0.25) is 9.79 Å². The van der Waals surface area contributed by atoms with Crippen molar-refractivity contribution in [3.05, 3.63) is 41.1 Å². The molecule has 0 spiro atoms. The Bertz CT molecular complexity index is 1360. The Morgan fingerprint density at radius 3 is 1.75 bits per heavy atom. The minimum absolute atomic E-state index is 0.0530. The van der Waals surface area contributed by atoms with Crippen molar-refractivity contribution in [2.45, 2.75) is 115 Å². The second kappa shape index (κ2) is 10.4. The lowest BCUT2D eigenvalue weighted by Gasteiger charge is -2.56. The molecule has 236 valence electrons. The first kappa shape index (κ1) is 28.7. The van der Waals surface area contributed by atoms with Crippen LogP contribution in [0.25, 0.3) is 0 Å². The number of ether oxygens (including phenoxy) is 3. The SMILES string of the molecule is CC1=NC(C)=C(C(=O)OC23CC4CC(CC(C4)C2)C3)C(c2ccccc2OC(F)F)C1C(=O)OC12CC3CC(CC(C3)C1)C2. The minimum Gasteiger partial charge on any atom is -0.459 e. The van der Waals surface area contributed by atoms with Gasteiger partial charge in [0.2, 0.25) is 0 Å². The molecule has 1 aliphatic heterocycles. The number of carbonyl (C=O) groups is 2. The number of alkyl halides is 2. The average molecular weight is 608 g/mol. The fraction of sp³-hybridized carbons (Fsp3) is 0.694. The van der Waals surface area contributed by atoms with Gasteiger partial charge in [0, 0.05) is 22.9 Å². The van der Waals surface area contributed by atoms with Crippen LogP contribution in [0.1, 0.15) is 102 Å². The number of allylic oxidation sites excluding steroid dienone is 1. The highest BCUT2D eigenvalue weighted by atomic mass is 19.3. The van der Waals surface area contributed by atoms with E-state index in [-0.39, 0.29) is 11.3 Å². The molecule has 8 saturated carbocycles. The van der Waals surface area contributed by atoms with Crippen LogP contribution in [0.3, 0.4) is 0 Å². The predicted molar refractivity (Wildman–Crippen MR) is 159 cm³/mol. The average Bonchev–Trinajstić information content (AvgIpc) is 2.90. The summed E-state index contributed by atoms with van der Waals surface area (Å²) in [7, 11) is 0. The van der Waals surface area contributed by atoms with Gasteiger partial charge in [0.25, 0.3) is 0 Å². The summed E-state index contributed by atoms with van der Waals surface area (Å²) in [4.78, 5) is 33.6. The summed E-state index contributed by atoms with van der Waals surface area (Å²) >= 11 is 0. The van der Waals surface area contributed by atoms with Crippen molar-refractivity contribution in [1.29, 1.82) is 0 Å². The van der Waals surface area contributed by atoms with Gasteiger partial charge in [-0.1, -0.05) is 18.2 Å². The molecule has 2 unspecified atom stereocenters. The van der Waals surface area contributed by atoms with Gasteiger partial charge in [0.15, 0.2) is 0 Å².